The summed E-state index contributed by atoms with van der Waals surface area (Å²) in [5, 5.41) is 8.72. The molecule has 0 atom stereocenters. The van der Waals surface area contributed by atoms with Crippen molar-refractivity contribution >= 4 is 93.6 Å². The van der Waals surface area contributed by atoms with E-state index in [0.717, 1.165) is 88.4 Å². The zero-order chi connectivity index (χ0) is 32.8. The Kier molecular flexibility index (Phi) is 5.60. The van der Waals surface area contributed by atoms with E-state index in [0.29, 0.717) is 5.89 Å². The Labute approximate surface area is 285 Å². The summed E-state index contributed by atoms with van der Waals surface area (Å²) in [5.41, 5.74) is 8.79. The molecule has 5 nitrogen and oxygen atoms in total. The van der Waals surface area contributed by atoms with Crippen molar-refractivity contribution in [2.24, 2.45) is 0 Å². The summed E-state index contributed by atoms with van der Waals surface area (Å²) in [6.45, 7) is 0. The molecule has 0 aliphatic rings. The van der Waals surface area contributed by atoms with Crippen LogP contribution in [0.4, 0.5) is 17.1 Å². The summed E-state index contributed by atoms with van der Waals surface area (Å²) in [6, 6.07) is 54.5. The van der Waals surface area contributed by atoms with Crippen molar-refractivity contribution in [1.82, 2.24) is 4.98 Å². The number of nitrogens with zero attached hydrogens (tertiary/aromatic N) is 2. The highest BCUT2D eigenvalue weighted by molar-refractivity contribution is 6.15. The summed E-state index contributed by atoms with van der Waals surface area (Å²) < 4.78 is 19.3. The number of anilines is 3. The Balaban J connectivity index is 1.13. The molecular weight excluding hydrogens is 617 g/mol. The highest BCUT2D eigenvalue weighted by Gasteiger charge is 2.22. The predicted molar refractivity (Wildman–Crippen MR) is 204 cm³/mol. The summed E-state index contributed by atoms with van der Waals surface area (Å²) in [7, 11) is 0. The third-order valence-electron chi connectivity index (χ3n) is 9.84. The molecule has 11 rings (SSSR count). The molecule has 0 N–H and O–H groups in total. The van der Waals surface area contributed by atoms with Crippen LogP contribution in [0.25, 0.3) is 88.0 Å². The number of hydrogen-bond acceptors (Lipinski definition) is 5. The van der Waals surface area contributed by atoms with Crippen molar-refractivity contribution in [2.45, 2.75) is 0 Å². The van der Waals surface area contributed by atoms with Crippen LogP contribution in [0.1, 0.15) is 0 Å². The second-order valence-corrected chi connectivity index (χ2v) is 12.8. The van der Waals surface area contributed by atoms with Crippen LogP contribution < -0.4 is 4.90 Å². The van der Waals surface area contributed by atoms with Crippen LogP contribution in [0, 0.1) is 0 Å². The van der Waals surface area contributed by atoms with E-state index in [1.165, 1.54) is 10.8 Å². The second-order valence-electron chi connectivity index (χ2n) is 12.8. The van der Waals surface area contributed by atoms with Crippen LogP contribution in [0.3, 0.4) is 0 Å². The first-order valence-corrected chi connectivity index (χ1v) is 16.7. The summed E-state index contributed by atoms with van der Waals surface area (Å²) in [4.78, 5) is 7.24. The zero-order valence-electron chi connectivity index (χ0n) is 26.6. The third-order valence-corrected chi connectivity index (χ3v) is 9.84. The van der Waals surface area contributed by atoms with Gasteiger partial charge in [0, 0.05) is 39.2 Å². The number of aromatic nitrogens is 1. The molecule has 11 aromatic rings. The number of rotatable bonds is 4. The fourth-order valence-electron chi connectivity index (χ4n) is 7.55. The summed E-state index contributed by atoms with van der Waals surface area (Å²) in [6.07, 6.45) is 0. The van der Waals surface area contributed by atoms with E-state index in [9.17, 15) is 0 Å². The predicted octanol–water partition coefficient (Wildman–Crippen LogP) is 13.1. The fraction of sp³-hybridized carbons (Fsp3) is 0. The standard InChI is InChI=1S/C45H26N2O3/c1-2-10-28-23-31(20-19-27(28)9-1)47(37-15-8-18-40-44(37)33-13-5-6-16-38(33)48-40)32-21-22-34-41(26-32)49-39-17-7-14-35(43(34)39)45-46-36-24-29-11-3-4-12-30(29)25-42(36)50-45/h1-26H. The fourth-order valence-corrected chi connectivity index (χ4v) is 7.55. The number of benzene rings is 8. The first-order chi connectivity index (χ1) is 24.7. The molecule has 0 amide bonds. The van der Waals surface area contributed by atoms with Crippen LogP contribution in [-0.4, -0.2) is 4.98 Å². The molecule has 0 aliphatic carbocycles. The highest BCUT2D eigenvalue weighted by atomic mass is 16.4. The molecule has 5 heteroatoms. The van der Waals surface area contributed by atoms with Crippen LogP contribution in [-0.2, 0) is 0 Å². The maximum atomic E-state index is 6.61. The van der Waals surface area contributed by atoms with Gasteiger partial charge in [-0.1, -0.05) is 84.9 Å². The molecule has 0 saturated carbocycles. The van der Waals surface area contributed by atoms with Gasteiger partial charge >= 0.3 is 0 Å². The molecule has 8 aromatic carbocycles. The van der Waals surface area contributed by atoms with Gasteiger partial charge in [-0.05, 0) is 88.3 Å². The maximum absolute atomic E-state index is 6.61. The highest BCUT2D eigenvalue weighted by Crippen LogP contribution is 2.45. The molecule has 0 saturated heterocycles. The van der Waals surface area contributed by atoms with E-state index in [4.69, 9.17) is 18.2 Å². The number of hydrogen-bond donors (Lipinski definition) is 0. The molecule has 3 heterocycles. The van der Waals surface area contributed by atoms with Crippen molar-refractivity contribution in [2.75, 3.05) is 4.90 Å². The Morgan fingerprint density at radius 1 is 0.400 bits per heavy atom. The van der Waals surface area contributed by atoms with Gasteiger partial charge in [-0.25, -0.2) is 4.98 Å². The molecule has 0 unspecified atom stereocenters. The van der Waals surface area contributed by atoms with Gasteiger partial charge < -0.3 is 18.2 Å². The lowest BCUT2D eigenvalue weighted by Crippen LogP contribution is -2.10. The van der Waals surface area contributed by atoms with E-state index < -0.39 is 0 Å². The molecule has 0 aliphatic heterocycles. The van der Waals surface area contributed by atoms with Crippen LogP contribution >= 0.6 is 0 Å². The van der Waals surface area contributed by atoms with Gasteiger partial charge in [0.15, 0.2) is 5.58 Å². The molecule has 0 radical (unpaired) electrons. The number of furan rings is 2. The topological polar surface area (TPSA) is 55.6 Å². The van der Waals surface area contributed by atoms with Gasteiger partial charge in [0.25, 0.3) is 0 Å². The first kappa shape index (κ1) is 27.1. The van der Waals surface area contributed by atoms with Crippen molar-refractivity contribution in [3.8, 4) is 11.5 Å². The molecule has 0 bridgehead atoms. The van der Waals surface area contributed by atoms with E-state index >= 15 is 0 Å². The van der Waals surface area contributed by atoms with Crippen molar-refractivity contribution in [3.05, 3.63) is 158 Å². The van der Waals surface area contributed by atoms with Crippen LogP contribution in [0.15, 0.2) is 171 Å². The lowest BCUT2D eigenvalue weighted by molar-refractivity contribution is 0.620. The summed E-state index contributed by atoms with van der Waals surface area (Å²) >= 11 is 0. The van der Waals surface area contributed by atoms with Crippen LogP contribution in [0.5, 0.6) is 0 Å². The van der Waals surface area contributed by atoms with Gasteiger partial charge in [0.05, 0.1) is 11.1 Å². The maximum Gasteiger partial charge on any atom is 0.228 e. The monoisotopic (exact) mass is 642 g/mol. The Morgan fingerprint density at radius 2 is 1.04 bits per heavy atom. The van der Waals surface area contributed by atoms with E-state index in [1.54, 1.807) is 0 Å². The number of fused-ring (bicyclic) bond motifs is 9. The van der Waals surface area contributed by atoms with Crippen molar-refractivity contribution in [1.29, 1.82) is 0 Å². The van der Waals surface area contributed by atoms with E-state index in [-0.39, 0.29) is 0 Å². The van der Waals surface area contributed by atoms with Crippen molar-refractivity contribution < 1.29 is 13.3 Å². The van der Waals surface area contributed by atoms with Gasteiger partial charge in [0.1, 0.15) is 27.8 Å². The molecule has 0 spiro atoms. The minimum atomic E-state index is 0.573. The third kappa shape index (κ3) is 4.04. The van der Waals surface area contributed by atoms with Gasteiger partial charge in [0.2, 0.25) is 5.89 Å². The SMILES string of the molecule is c1ccc2cc(N(c3ccc4c(c3)oc3cccc(-c5nc6cc7ccccc7cc6o5)c34)c3cccc4oc5ccccc5c34)ccc2c1. The van der Waals surface area contributed by atoms with Gasteiger partial charge in [-0.15, -0.1) is 0 Å². The number of oxazole rings is 1. The zero-order valence-corrected chi connectivity index (χ0v) is 26.6. The largest absolute Gasteiger partial charge is 0.456 e. The Morgan fingerprint density at radius 3 is 1.92 bits per heavy atom. The molecule has 50 heavy (non-hydrogen) atoms. The van der Waals surface area contributed by atoms with Gasteiger partial charge in [-0.3, -0.25) is 0 Å². The lowest BCUT2D eigenvalue weighted by atomic mass is 10.0. The molecular formula is C45H26N2O3. The smallest absolute Gasteiger partial charge is 0.228 e. The van der Waals surface area contributed by atoms with E-state index in [1.807, 2.05) is 42.5 Å². The average molecular weight is 643 g/mol. The minimum Gasteiger partial charge on any atom is -0.456 e. The van der Waals surface area contributed by atoms with E-state index in [2.05, 4.69) is 120 Å². The Bertz CT molecular complexity index is 3080. The second kappa shape index (κ2) is 10.3. The van der Waals surface area contributed by atoms with Gasteiger partial charge in [-0.2, -0.15) is 0 Å². The molecule has 3 aromatic heterocycles. The average Bonchev–Trinajstić information content (AvgIpc) is 3.87. The Hall–Kier alpha value is -6.85. The van der Waals surface area contributed by atoms with Crippen LogP contribution in [0.2, 0.25) is 0 Å². The normalized spacial score (nSPS) is 12.0. The van der Waals surface area contributed by atoms with Crippen molar-refractivity contribution in [3.63, 3.8) is 0 Å². The lowest BCUT2D eigenvalue weighted by Gasteiger charge is -2.26. The first-order valence-electron chi connectivity index (χ1n) is 16.7. The quantitative estimate of drug-likeness (QED) is 0.191. The summed E-state index contributed by atoms with van der Waals surface area (Å²) in [5.74, 6) is 0.573. The number of para-hydroxylation sites is 1. The minimum absolute atomic E-state index is 0.573. The molecule has 0 fully saturated rings. The molecule has 234 valence electrons.